The van der Waals surface area contributed by atoms with Gasteiger partial charge in [0.05, 0.1) is 23.6 Å². The van der Waals surface area contributed by atoms with Gasteiger partial charge >= 0.3 is 0 Å². The van der Waals surface area contributed by atoms with E-state index in [2.05, 4.69) is 0 Å². The Morgan fingerprint density at radius 3 is 2.20 bits per heavy atom. The van der Waals surface area contributed by atoms with E-state index in [1.807, 2.05) is 6.07 Å². The van der Waals surface area contributed by atoms with Crippen molar-refractivity contribution in [1.82, 2.24) is 0 Å². The first-order valence-corrected chi connectivity index (χ1v) is 6.31. The molecule has 0 radical (unpaired) electrons. The highest BCUT2D eigenvalue weighted by atomic mass is 32.2. The quantitative estimate of drug-likeness (QED) is 0.778. The van der Waals surface area contributed by atoms with Crippen LogP contribution in [-0.4, -0.2) is 21.2 Å². The molecule has 0 N–H and O–H groups in total. The van der Waals surface area contributed by atoms with Crippen molar-refractivity contribution < 1.29 is 8.42 Å². The van der Waals surface area contributed by atoms with Gasteiger partial charge in [0, 0.05) is 6.54 Å². The first-order chi connectivity index (χ1) is 6.99. The first-order valence-electron chi connectivity index (χ1n) is 4.47. The third-order valence-electron chi connectivity index (χ3n) is 1.97. The SMILES string of the molecule is CCN(c1ccc(C#N)cc1)S(C)(=O)=O. The third-order valence-corrected chi connectivity index (χ3v) is 3.24. The summed E-state index contributed by atoms with van der Waals surface area (Å²) in [7, 11) is -3.24. The number of hydrogen-bond donors (Lipinski definition) is 0. The fourth-order valence-electron chi connectivity index (χ4n) is 1.31. The summed E-state index contributed by atoms with van der Waals surface area (Å²) in [5.41, 5.74) is 1.10. The van der Waals surface area contributed by atoms with Gasteiger partial charge in [-0.1, -0.05) is 0 Å². The fraction of sp³-hybridized carbons (Fsp3) is 0.300. The minimum atomic E-state index is -3.24. The van der Waals surface area contributed by atoms with Crippen molar-refractivity contribution in [2.75, 3.05) is 17.1 Å². The lowest BCUT2D eigenvalue weighted by Gasteiger charge is -2.20. The van der Waals surface area contributed by atoms with Crippen molar-refractivity contribution in [2.24, 2.45) is 0 Å². The first kappa shape index (κ1) is 11.5. The van der Waals surface area contributed by atoms with E-state index in [1.165, 1.54) is 4.31 Å². The summed E-state index contributed by atoms with van der Waals surface area (Å²) in [6, 6.07) is 8.44. The molecule has 0 aliphatic carbocycles. The second-order valence-electron chi connectivity index (χ2n) is 3.09. The highest BCUT2D eigenvalue weighted by Crippen LogP contribution is 2.17. The van der Waals surface area contributed by atoms with E-state index >= 15 is 0 Å². The molecule has 1 aromatic rings. The maximum Gasteiger partial charge on any atom is 0.232 e. The lowest BCUT2D eigenvalue weighted by atomic mass is 10.2. The van der Waals surface area contributed by atoms with Crippen LogP contribution in [0, 0.1) is 11.3 Å². The molecule has 0 spiro atoms. The summed E-state index contributed by atoms with van der Waals surface area (Å²) in [5.74, 6) is 0. The molecule has 15 heavy (non-hydrogen) atoms. The van der Waals surface area contributed by atoms with E-state index in [0.29, 0.717) is 17.8 Å². The second kappa shape index (κ2) is 4.32. The number of nitrogens with zero attached hydrogens (tertiary/aromatic N) is 2. The fourth-order valence-corrected chi connectivity index (χ4v) is 2.28. The Balaban J connectivity index is 3.11. The molecule has 0 bridgehead atoms. The standard InChI is InChI=1S/C10H12N2O2S/c1-3-12(15(2,13)14)10-6-4-9(8-11)5-7-10/h4-7H,3H2,1-2H3. The van der Waals surface area contributed by atoms with Gasteiger partial charge in [-0.05, 0) is 31.2 Å². The Labute approximate surface area is 89.8 Å². The topological polar surface area (TPSA) is 61.2 Å². The number of rotatable bonds is 3. The number of benzene rings is 1. The predicted molar refractivity (Wildman–Crippen MR) is 59.0 cm³/mol. The monoisotopic (exact) mass is 224 g/mol. The molecule has 1 rings (SSSR count). The minimum Gasteiger partial charge on any atom is -0.271 e. The highest BCUT2D eigenvalue weighted by molar-refractivity contribution is 7.92. The second-order valence-corrected chi connectivity index (χ2v) is 4.99. The molecule has 0 saturated heterocycles. The molecular formula is C10H12N2O2S. The predicted octanol–water partition coefficient (Wildman–Crippen LogP) is 1.34. The average molecular weight is 224 g/mol. The Bertz CT molecular complexity index is 471. The maximum absolute atomic E-state index is 11.4. The highest BCUT2D eigenvalue weighted by Gasteiger charge is 2.14. The zero-order chi connectivity index (χ0) is 11.5. The van der Waals surface area contributed by atoms with E-state index in [9.17, 15) is 8.42 Å². The van der Waals surface area contributed by atoms with Gasteiger partial charge in [0.25, 0.3) is 0 Å². The van der Waals surface area contributed by atoms with E-state index in [1.54, 1.807) is 31.2 Å². The summed E-state index contributed by atoms with van der Waals surface area (Å²) in [6.45, 7) is 2.14. The van der Waals surface area contributed by atoms with Crippen molar-refractivity contribution in [3.8, 4) is 6.07 Å². The van der Waals surface area contributed by atoms with E-state index in [-0.39, 0.29) is 0 Å². The molecule has 0 aliphatic heterocycles. The van der Waals surface area contributed by atoms with Gasteiger partial charge in [0.15, 0.2) is 0 Å². The molecular weight excluding hydrogens is 212 g/mol. The average Bonchev–Trinajstić information content (AvgIpc) is 2.18. The van der Waals surface area contributed by atoms with Crippen LogP contribution in [0.5, 0.6) is 0 Å². The number of anilines is 1. The van der Waals surface area contributed by atoms with Gasteiger partial charge in [-0.2, -0.15) is 5.26 Å². The third kappa shape index (κ3) is 2.70. The number of nitriles is 1. The number of sulfonamides is 1. The van der Waals surface area contributed by atoms with Gasteiger partial charge in [-0.25, -0.2) is 8.42 Å². The van der Waals surface area contributed by atoms with Crippen LogP contribution in [0.15, 0.2) is 24.3 Å². The Hall–Kier alpha value is -1.54. The van der Waals surface area contributed by atoms with Crippen molar-refractivity contribution in [2.45, 2.75) is 6.92 Å². The van der Waals surface area contributed by atoms with Gasteiger partial charge in [-0.3, -0.25) is 4.31 Å². The van der Waals surface area contributed by atoms with E-state index < -0.39 is 10.0 Å². The van der Waals surface area contributed by atoms with Crippen molar-refractivity contribution in [3.63, 3.8) is 0 Å². The van der Waals surface area contributed by atoms with Gasteiger partial charge in [-0.15, -0.1) is 0 Å². The molecule has 0 atom stereocenters. The van der Waals surface area contributed by atoms with Gasteiger partial charge in [0.2, 0.25) is 10.0 Å². The molecule has 0 unspecified atom stereocenters. The van der Waals surface area contributed by atoms with Crippen LogP contribution in [0.2, 0.25) is 0 Å². The van der Waals surface area contributed by atoms with Crippen LogP contribution in [-0.2, 0) is 10.0 Å². The van der Waals surface area contributed by atoms with Gasteiger partial charge < -0.3 is 0 Å². The summed E-state index contributed by atoms with van der Waals surface area (Å²) < 4.78 is 24.0. The summed E-state index contributed by atoms with van der Waals surface area (Å²) in [4.78, 5) is 0. The number of hydrogen-bond acceptors (Lipinski definition) is 3. The minimum absolute atomic E-state index is 0.380. The van der Waals surface area contributed by atoms with E-state index in [0.717, 1.165) is 6.26 Å². The smallest absolute Gasteiger partial charge is 0.232 e. The zero-order valence-corrected chi connectivity index (χ0v) is 9.45. The summed E-state index contributed by atoms with van der Waals surface area (Å²) >= 11 is 0. The van der Waals surface area contributed by atoms with Crippen LogP contribution in [0.4, 0.5) is 5.69 Å². The van der Waals surface area contributed by atoms with Crippen molar-refractivity contribution in [3.05, 3.63) is 29.8 Å². The molecule has 5 heteroatoms. The zero-order valence-electron chi connectivity index (χ0n) is 8.64. The summed E-state index contributed by atoms with van der Waals surface area (Å²) in [6.07, 6.45) is 1.16. The maximum atomic E-state index is 11.4. The molecule has 4 nitrogen and oxygen atoms in total. The van der Waals surface area contributed by atoms with Crippen molar-refractivity contribution in [1.29, 1.82) is 5.26 Å². The Morgan fingerprint density at radius 1 is 1.33 bits per heavy atom. The van der Waals surface area contributed by atoms with E-state index in [4.69, 9.17) is 5.26 Å². The molecule has 0 aliphatic rings. The van der Waals surface area contributed by atoms with Crippen LogP contribution < -0.4 is 4.31 Å². The molecule has 0 amide bonds. The lowest BCUT2D eigenvalue weighted by Crippen LogP contribution is -2.29. The van der Waals surface area contributed by atoms with Crippen LogP contribution in [0.1, 0.15) is 12.5 Å². The molecule has 0 saturated carbocycles. The van der Waals surface area contributed by atoms with Gasteiger partial charge in [0.1, 0.15) is 0 Å². The molecule has 0 fully saturated rings. The van der Waals surface area contributed by atoms with Crippen LogP contribution in [0.3, 0.4) is 0 Å². The van der Waals surface area contributed by atoms with Crippen LogP contribution in [0.25, 0.3) is 0 Å². The normalized spacial score (nSPS) is 10.7. The molecule has 1 aromatic carbocycles. The Kier molecular flexibility index (Phi) is 3.32. The van der Waals surface area contributed by atoms with Crippen molar-refractivity contribution >= 4 is 15.7 Å². The Morgan fingerprint density at radius 2 is 1.87 bits per heavy atom. The van der Waals surface area contributed by atoms with Crippen LogP contribution >= 0.6 is 0 Å². The largest absolute Gasteiger partial charge is 0.271 e. The molecule has 80 valence electrons. The summed E-state index contributed by atoms with van der Waals surface area (Å²) in [5, 5.41) is 8.60. The molecule has 0 heterocycles. The lowest BCUT2D eigenvalue weighted by molar-refractivity contribution is 0.598. The molecule has 0 aromatic heterocycles.